The molecule has 3 heterocycles. The highest BCUT2D eigenvalue weighted by Crippen LogP contribution is 2.36. The molecule has 2 aromatic rings. The maximum Gasteiger partial charge on any atom is 0.338 e. The fourth-order valence-electron chi connectivity index (χ4n) is 2.30. The van der Waals surface area contributed by atoms with Gasteiger partial charge in [-0.1, -0.05) is 11.8 Å². The second-order valence-electron chi connectivity index (χ2n) is 4.44. The fraction of sp³-hybridized carbons (Fsp3) is 0.308. The van der Waals surface area contributed by atoms with Gasteiger partial charge in [0.25, 0.3) is 0 Å². The number of furan rings is 1. The second-order valence-corrected chi connectivity index (χ2v) is 5.21. The molecule has 0 fully saturated rings. The van der Waals surface area contributed by atoms with E-state index in [1.165, 1.54) is 18.9 Å². The van der Waals surface area contributed by atoms with Crippen LogP contribution in [-0.4, -0.2) is 34.1 Å². The predicted octanol–water partition coefficient (Wildman–Crippen LogP) is 2.05. The van der Waals surface area contributed by atoms with Crippen molar-refractivity contribution in [1.29, 1.82) is 0 Å². The van der Waals surface area contributed by atoms with Crippen LogP contribution < -0.4 is 5.32 Å². The largest absolute Gasteiger partial charge is 0.467 e. The van der Waals surface area contributed by atoms with Crippen molar-refractivity contribution in [3.05, 3.63) is 35.4 Å². The molecule has 0 bridgehead atoms. The van der Waals surface area contributed by atoms with Gasteiger partial charge in [-0.2, -0.15) is 4.98 Å². The molecule has 110 valence electrons. The van der Waals surface area contributed by atoms with Crippen molar-refractivity contribution in [3.8, 4) is 0 Å². The van der Waals surface area contributed by atoms with Crippen LogP contribution in [0.3, 0.4) is 0 Å². The third kappa shape index (κ3) is 2.21. The van der Waals surface area contributed by atoms with Gasteiger partial charge in [0.2, 0.25) is 11.1 Å². The molecule has 1 atom stereocenters. The minimum Gasteiger partial charge on any atom is -0.467 e. The highest BCUT2D eigenvalue weighted by atomic mass is 32.2. The number of hydrogen-bond acceptors (Lipinski definition) is 7. The van der Waals surface area contributed by atoms with Crippen LogP contribution in [0.2, 0.25) is 0 Å². The van der Waals surface area contributed by atoms with E-state index in [2.05, 4.69) is 15.4 Å². The Kier molecular flexibility index (Phi) is 3.46. The predicted molar refractivity (Wildman–Crippen MR) is 77.0 cm³/mol. The van der Waals surface area contributed by atoms with E-state index >= 15 is 0 Å². The molecule has 2 aromatic heterocycles. The molecule has 8 heteroatoms. The van der Waals surface area contributed by atoms with Crippen molar-refractivity contribution in [2.24, 2.45) is 0 Å². The fourth-order valence-corrected chi connectivity index (χ4v) is 2.65. The Morgan fingerprint density at radius 2 is 2.38 bits per heavy atom. The number of anilines is 1. The van der Waals surface area contributed by atoms with Gasteiger partial charge in [-0.05, 0) is 25.3 Å². The Bertz CT molecular complexity index is 705. The van der Waals surface area contributed by atoms with E-state index in [0.29, 0.717) is 28.1 Å². The van der Waals surface area contributed by atoms with Crippen molar-refractivity contribution in [3.63, 3.8) is 0 Å². The molecular formula is C13H14N4O3S. The van der Waals surface area contributed by atoms with Crippen molar-refractivity contribution in [2.45, 2.75) is 18.1 Å². The van der Waals surface area contributed by atoms with Gasteiger partial charge in [0.15, 0.2) is 0 Å². The number of nitrogens with zero attached hydrogens (tertiary/aromatic N) is 3. The van der Waals surface area contributed by atoms with Gasteiger partial charge in [0.05, 0.1) is 18.9 Å². The molecule has 0 aliphatic carbocycles. The number of aromatic nitrogens is 3. The number of rotatable bonds is 3. The molecule has 0 radical (unpaired) electrons. The lowest BCUT2D eigenvalue weighted by Gasteiger charge is -2.25. The highest BCUT2D eigenvalue weighted by Gasteiger charge is 2.36. The van der Waals surface area contributed by atoms with E-state index in [9.17, 15) is 4.79 Å². The number of ether oxygens (including phenoxy) is 1. The average molecular weight is 306 g/mol. The smallest absolute Gasteiger partial charge is 0.338 e. The van der Waals surface area contributed by atoms with Gasteiger partial charge < -0.3 is 14.5 Å². The van der Waals surface area contributed by atoms with Crippen LogP contribution in [0.25, 0.3) is 0 Å². The van der Waals surface area contributed by atoms with Gasteiger partial charge in [-0.25, -0.2) is 9.48 Å². The monoisotopic (exact) mass is 306 g/mol. The minimum absolute atomic E-state index is 0.423. The highest BCUT2D eigenvalue weighted by molar-refractivity contribution is 7.98. The van der Waals surface area contributed by atoms with E-state index in [4.69, 9.17) is 9.15 Å². The van der Waals surface area contributed by atoms with Crippen LogP contribution in [0.4, 0.5) is 5.95 Å². The number of esters is 1. The summed E-state index contributed by atoms with van der Waals surface area (Å²) in [5.74, 6) is 0.759. The molecule has 0 saturated heterocycles. The van der Waals surface area contributed by atoms with Crippen molar-refractivity contribution in [2.75, 3.05) is 18.7 Å². The maximum absolute atomic E-state index is 12.1. The molecule has 1 aliphatic rings. The van der Waals surface area contributed by atoms with Crippen LogP contribution in [0, 0.1) is 0 Å². The third-order valence-electron chi connectivity index (χ3n) is 3.23. The van der Waals surface area contributed by atoms with E-state index in [0.717, 1.165) is 0 Å². The molecule has 0 amide bonds. The number of hydrogen-bond donors (Lipinski definition) is 1. The molecular weight excluding hydrogens is 292 g/mol. The summed E-state index contributed by atoms with van der Waals surface area (Å²) in [4.78, 5) is 16.5. The third-order valence-corrected chi connectivity index (χ3v) is 3.77. The lowest BCUT2D eigenvalue weighted by atomic mass is 10.0. The molecule has 0 aromatic carbocycles. The standard InChI is InChI=1S/C13H14N4O3S/c1-7-9(11(18)19-2)10(8-5-4-6-20-8)17-12(14-7)15-13(16-17)21-3/h4-6,10H,1-3H3,(H,14,15,16)/t10-/m1/s1. The van der Waals surface area contributed by atoms with Crippen molar-refractivity contribution < 1.29 is 13.9 Å². The first-order valence-corrected chi connectivity index (χ1v) is 7.48. The Labute approximate surface area is 125 Å². The summed E-state index contributed by atoms with van der Waals surface area (Å²) in [7, 11) is 1.35. The minimum atomic E-state index is -0.489. The lowest BCUT2D eigenvalue weighted by Crippen LogP contribution is -2.29. The summed E-state index contributed by atoms with van der Waals surface area (Å²) in [6.45, 7) is 1.80. The summed E-state index contributed by atoms with van der Waals surface area (Å²) in [6.07, 6.45) is 3.46. The first kappa shape index (κ1) is 13.7. The number of carbonyl (C=O) groups excluding carboxylic acids is 1. The average Bonchev–Trinajstić information content (AvgIpc) is 3.13. The van der Waals surface area contributed by atoms with E-state index < -0.39 is 12.0 Å². The van der Waals surface area contributed by atoms with Crippen LogP contribution in [0.1, 0.15) is 18.7 Å². The molecule has 0 unspecified atom stereocenters. The van der Waals surface area contributed by atoms with E-state index in [-0.39, 0.29) is 0 Å². The lowest BCUT2D eigenvalue weighted by molar-refractivity contribution is -0.136. The number of nitrogens with one attached hydrogen (secondary N) is 1. The number of methoxy groups -OCH3 is 1. The first-order chi connectivity index (χ1) is 10.2. The van der Waals surface area contributed by atoms with E-state index in [1.54, 1.807) is 30.0 Å². The zero-order chi connectivity index (χ0) is 15.0. The SMILES string of the molecule is COC(=O)C1=C(C)Nc2nc(SC)nn2[C@@H]1c1ccco1. The first-order valence-electron chi connectivity index (χ1n) is 6.25. The molecule has 21 heavy (non-hydrogen) atoms. The van der Waals surface area contributed by atoms with Crippen LogP contribution >= 0.6 is 11.8 Å². The summed E-state index contributed by atoms with van der Waals surface area (Å²) in [6, 6.07) is 3.08. The second kappa shape index (κ2) is 5.28. The summed E-state index contributed by atoms with van der Waals surface area (Å²) < 4.78 is 12.0. The van der Waals surface area contributed by atoms with E-state index in [1.807, 2.05) is 6.26 Å². The zero-order valence-corrected chi connectivity index (χ0v) is 12.6. The quantitative estimate of drug-likeness (QED) is 0.686. The molecule has 0 spiro atoms. The molecule has 1 aliphatic heterocycles. The van der Waals surface area contributed by atoms with Crippen LogP contribution in [0.5, 0.6) is 0 Å². The Morgan fingerprint density at radius 1 is 1.57 bits per heavy atom. The van der Waals surface area contributed by atoms with Gasteiger partial charge in [-0.15, -0.1) is 5.10 Å². The normalized spacial score (nSPS) is 17.4. The van der Waals surface area contributed by atoms with Gasteiger partial charge in [0, 0.05) is 5.70 Å². The Hall–Kier alpha value is -2.22. The molecule has 7 nitrogen and oxygen atoms in total. The number of fused-ring (bicyclic) bond motifs is 1. The molecule has 1 N–H and O–H groups in total. The zero-order valence-electron chi connectivity index (χ0n) is 11.8. The summed E-state index contributed by atoms with van der Waals surface area (Å²) >= 11 is 1.43. The number of carbonyl (C=O) groups is 1. The summed E-state index contributed by atoms with van der Waals surface area (Å²) in [5, 5.41) is 8.12. The topological polar surface area (TPSA) is 82.2 Å². The molecule has 3 rings (SSSR count). The summed E-state index contributed by atoms with van der Waals surface area (Å²) in [5.41, 5.74) is 1.13. The Balaban J connectivity index is 2.17. The number of thioether (sulfide) groups is 1. The van der Waals surface area contributed by atoms with Gasteiger partial charge in [-0.3, -0.25) is 0 Å². The van der Waals surface area contributed by atoms with Gasteiger partial charge >= 0.3 is 5.97 Å². The molecule has 0 saturated carbocycles. The van der Waals surface area contributed by atoms with Gasteiger partial charge in [0.1, 0.15) is 11.8 Å². The maximum atomic E-state index is 12.1. The number of allylic oxidation sites excluding steroid dienone is 1. The van der Waals surface area contributed by atoms with Crippen LogP contribution in [0.15, 0.2) is 39.2 Å². The Morgan fingerprint density at radius 3 is 3.00 bits per heavy atom. The van der Waals surface area contributed by atoms with Crippen molar-refractivity contribution in [1.82, 2.24) is 14.8 Å². The van der Waals surface area contributed by atoms with Crippen molar-refractivity contribution >= 4 is 23.7 Å². The van der Waals surface area contributed by atoms with Crippen LogP contribution in [-0.2, 0) is 9.53 Å².